The number of para-hydroxylation sites is 1. The molecule has 1 aromatic heterocycles. The molecule has 2 heterocycles. The third kappa shape index (κ3) is 4.84. The van der Waals surface area contributed by atoms with Crippen LogP contribution in [-0.2, 0) is 10.5 Å². The highest BCUT2D eigenvalue weighted by molar-refractivity contribution is 7.98. The minimum atomic E-state index is -0.448. The van der Waals surface area contributed by atoms with Crippen LogP contribution in [0.4, 0.5) is 5.82 Å². The standard InChI is InChI=1S/C23H20ClN3O3S/c1-2-11-30-18-6-4-3-5-16(18)17-12-19(28)25-21-20(17)22(29)27-23(26-21)31-13-14-7-9-15(24)10-8-14/h2-10,17H,1,11-13H2,(H2,25,26,27,28,29)/t17-/m1/s1. The molecule has 6 nitrogen and oxygen atoms in total. The van der Waals surface area contributed by atoms with Crippen LogP contribution in [0.15, 0.2) is 71.1 Å². The number of ether oxygens (including phenoxy) is 1. The number of aromatic amines is 1. The first-order chi connectivity index (χ1) is 15.0. The Bertz CT molecular complexity index is 1180. The Balaban J connectivity index is 1.65. The van der Waals surface area contributed by atoms with Crippen LogP contribution >= 0.6 is 23.4 Å². The van der Waals surface area contributed by atoms with Crippen molar-refractivity contribution >= 4 is 35.1 Å². The number of amides is 1. The summed E-state index contributed by atoms with van der Waals surface area (Å²) in [4.78, 5) is 32.8. The molecule has 4 rings (SSSR count). The van der Waals surface area contributed by atoms with Gasteiger partial charge in [-0.2, -0.15) is 0 Å². The van der Waals surface area contributed by atoms with Gasteiger partial charge in [0.05, 0.1) is 5.56 Å². The maximum Gasteiger partial charge on any atom is 0.257 e. The molecule has 0 saturated carbocycles. The van der Waals surface area contributed by atoms with E-state index >= 15 is 0 Å². The van der Waals surface area contributed by atoms with Crippen molar-refractivity contribution in [3.63, 3.8) is 0 Å². The van der Waals surface area contributed by atoms with Crippen molar-refractivity contribution in [3.05, 3.63) is 93.3 Å². The number of hydrogen-bond acceptors (Lipinski definition) is 5. The summed E-state index contributed by atoms with van der Waals surface area (Å²) in [6.07, 6.45) is 1.79. The Labute approximate surface area is 188 Å². The van der Waals surface area contributed by atoms with Crippen LogP contribution in [0.25, 0.3) is 0 Å². The van der Waals surface area contributed by atoms with Gasteiger partial charge in [0, 0.05) is 28.7 Å². The van der Waals surface area contributed by atoms with E-state index in [1.54, 1.807) is 6.08 Å². The number of thioether (sulfide) groups is 1. The summed E-state index contributed by atoms with van der Waals surface area (Å²) in [6.45, 7) is 4.00. The quantitative estimate of drug-likeness (QED) is 0.306. The van der Waals surface area contributed by atoms with E-state index < -0.39 is 5.92 Å². The number of carbonyl (C=O) groups excluding carboxylic acids is 1. The zero-order valence-corrected chi connectivity index (χ0v) is 18.1. The van der Waals surface area contributed by atoms with Crippen molar-refractivity contribution in [3.8, 4) is 5.75 Å². The SMILES string of the molecule is C=CCOc1ccccc1[C@H]1CC(=O)Nc2nc(SCc3ccc(Cl)cc3)[nH]c(=O)c21. The van der Waals surface area contributed by atoms with Gasteiger partial charge in [-0.15, -0.1) is 0 Å². The lowest BCUT2D eigenvalue weighted by Gasteiger charge is -2.26. The number of aromatic nitrogens is 2. The summed E-state index contributed by atoms with van der Waals surface area (Å²) >= 11 is 7.31. The number of halogens is 1. The van der Waals surface area contributed by atoms with E-state index in [9.17, 15) is 9.59 Å². The van der Waals surface area contributed by atoms with Gasteiger partial charge >= 0.3 is 0 Å². The molecule has 1 aliphatic rings. The van der Waals surface area contributed by atoms with E-state index in [-0.39, 0.29) is 17.9 Å². The lowest BCUT2D eigenvalue weighted by molar-refractivity contribution is -0.116. The minimum Gasteiger partial charge on any atom is -0.489 e. The lowest BCUT2D eigenvalue weighted by atomic mass is 9.86. The van der Waals surface area contributed by atoms with Crippen LogP contribution in [0.1, 0.15) is 29.0 Å². The first-order valence-electron chi connectivity index (χ1n) is 9.69. The van der Waals surface area contributed by atoms with Crippen molar-refractivity contribution in [1.29, 1.82) is 0 Å². The van der Waals surface area contributed by atoms with Gasteiger partial charge in [0.2, 0.25) is 5.91 Å². The molecule has 2 N–H and O–H groups in total. The number of H-pyrrole nitrogens is 1. The van der Waals surface area contributed by atoms with Crippen LogP contribution in [0.5, 0.6) is 5.75 Å². The fraction of sp³-hybridized carbons (Fsp3) is 0.174. The molecule has 0 saturated heterocycles. The Morgan fingerprint density at radius 2 is 1.97 bits per heavy atom. The number of carbonyl (C=O) groups is 1. The van der Waals surface area contributed by atoms with Crippen LogP contribution in [0.2, 0.25) is 5.02 Å². The first-order valence-corrected chi connectivity index (χ1v) is 11.1. The molecule has 0 spiro atoms. The Kier molecular flexibility index (Phi) is 6.44. The largest absolute Gasteiger partial charge is 0.489 e. The van der Waals surface area contributed by atoms with E-state index in [2.05, 4.69) is 21.9 Å². The van der Waals surface area contributed by atoms with E-state index in [4.69, 9.17) is 16.3 Å². The number of nitrogens with one attached hydrogen (secondary N) is 2. The van der Waals surface area contributed by atoms with Gasteiger partial charge in [0.15, 0.2) is 5.16 Å². The monoisotopic (exact) mass is 453 g/mol. The predicted octanol–water partition coefficient (Wildman–Crippen LogP) is 4.75. The number of fused-ring (bicyclic) bond motifs is 1. The second-order valence-corrected chi connectivity index (χ2v) is 8.39. The van der Waals surface area contributed by atoms with Crippen molar-refractivity contribution < 1.29 is 9.53 Å². The van der Waals surface area contributed by atoms with Crippen LogP contribution in [0, 0.1) is 0 Å². The molecule has 1 aliphatic heterocycles. The molecule has 0 aliphatic carbocycles. The average molecular weight is 454 g/mol. The molecule has 1 atom stereocenters. The van der Waals surface area contributed by atoms with Crippen molar-refractivity contribution in [2.45, 2.75) is 23.2 Å². The fourth-order valence-electron chi connectivity index (χ4n) is 3.47. The molecule has 0 fully saturated rings. The Hall–Kier alpha value is -3.03. The van der Waals surface area contributed by atoms with E-state index in [1.807, 2.05) is 48.5 Å². The third-order valence-electron chi connectivity index (χ3n) is 4.87. The molecule has 3 aromatic rings. The summed E-state index contributed by atoms with van der Waals surface area (Å²) < 4.78 is 5.75. The van der Waals surface area contributed by atoms with Crippen LogP contribution in [0.3, 0.4) is 0 Å². The molecular weight excluding hydrogens is 434 g/mol. The highest BCUT2D eigenvalue weighted by Crippen LogP contribution is 2.38. The summed E-state index contributed by atoms with van der Waals surface area (Å²) in [5.41, 5.74) is 1.98. The van der Waals surface area contributed by atoms with Crippen molar-refractivity contribution in [1.82, 2.24) is 9.97 Å². The molecule has 8 heteroatoms. The zero-order valence-electron chi connectivity index (χ0n) is 16.6. The van der Waals surface area contributed by atoms with E-state index in [0.29, 0.717) is 39.7 Å². The topological polar surface area (TPSA) is 84.1 Å². The van der Waals surface area contributed by atoms with Gasteiger partial charge in [-0.05, 0) is 23.8 Å². The van der Waals surface area contributed by atoms with Gasteiger partial charge in [0.25, 0.3) is 5.56 Å². The number of benzene rings is 2. The van der Waals surface area contributed by atoms with Crippen molar-refractivity contribution in [2.75, 3.05) is 11.9 Å². The summed E-state index contributed by atoms with van der Waals surface area (Å²) in [7, 11) is 0. The second kappa shape index (κ2) is 9.41. The van der Waals surface area contributed by atoms with Gasteiger partial charge in [-0.25, -0.2) is 4.98 Å². The maximum atomic E-state index is 13.0. The smallest absolute Gasteiger partial charge is 0.257 e. The van der Waals surface area contributed by atoms with E-state index in [1.165, 1.54) is 11.8 Å². The summed E-state index contributed by atoms with van der Waals surface area (Å²) in [5, 5.41) is 3.86. The molecule has 2 aromatic carbocycles. The predicted molar refractivity (Wildman–Crippen MR) is 123 cm³/mol. The Morgan fingerprint density at radius 3 is 2.74 bits per heavy atom. The molecule has 158 valence electrons. The molecule has 0 radical (unpaired) electrons. The maximum absolute atomic E-state index is 13.0. The van der Waals surface area contributed by atoms with Gasteiger partial charge in [-0.1, -0.05) is 66.3 Å². The molecule has 1 amide bonds. The number of nitrogens with zero attached hydrogens (tertiary/aromatic N) is 1. The van der Waals surface area contributed by atoms with Crippen molar-refractivity contribution in [2.24, 2.45) is 0 Å². The number of hydrogen-bond donors (Lipinski definition) is 2. The first kappa shape index (κ1) is 21.2. The minimum absolute atomic E-state index is 0.142. The molecular formula is C23H20ClN3O3S. The molecule has 0 bridgehead atoms. The normalized spacial score (nSPS) is 15.1. The summed E-state index contributed by atoms with van der Waals surface area (Å²) in [5.74, 6) is 0.879. The van der Waals surface area contributed by atoms with Gasteiger partial charge in [-0.3, -0.25) is 9.59 Å². The zero-order chi connectivity index (χ0) is 21.8. The number of anilines is 1. The van der Waals surface area contributed by atoms with Gasteiger partial charge in [0.1, 0.15) is 18.2 Å². The van der Waals surface area contributed by atoms with Crippen LogP contribution < -0.4 is 15.6 Å². The summed E-state index contributed by atoms with van der Waals surface area (Å²) in [6, 6.07) is 14.9. The lowest BCUT2D eigenvalue weighted by Crippen LogP contribution is -2.31. The van der Waals surface area contributed by atoms with E-state index in [0.717, 1.165) is 11.1 Å². The third-order valence-corrected chi connectivity index (χ3v) is 6.07. The second-order valence-electron chi connectivity index (χ2n) is 6.99. The highest BCUT2D eigenvalue weighted by atomic mass is 35.5. The Morgan fingerprint density at radius 1 is 1.19 bits per heavy atom. The highest BCUT2D eigenvalue weighted by Gasteiger charge is 2.32. The average Bonchev–Trinajstić information content (AvgIpc) is 2.76. The fourth-order valence-corrected chi connectivity index (χ4v) is 4.41. The molecule has 0 unspecified atom stereocenters. The van der Waals surface area contributed by atoms with Crippen LogP contribution in [-0.4, -0.2) is 22.5 Å². The molecule has 31 heavy (non-hydrogen) atoms. The van der Waals surface area contributed by atoms with Gasteiger partial charge < -0.3 is 15.0 Å². The number of rotatable bonds is 7.